The van der Waals surface area contributed by atoms with E-state index in [0.717, 1.165) is 47.2 Å². The van der Waals surface area contributed by atoms with Crippen molar-refractivity contribution in [2.45, 2.75) is 38.0 Å². The van der Waals surface area contributed by atoms with E-state index in [9.17, 15) is 0 Å². The average Bonchev–Trinajstić information content (AvgIpc) is 3.48. The van der Waals surface area contributed by atoms with Crippen molar-refractivity contribution in [2.75, 3.05) is 5.32 Å². The second-order valence-electron chi connectivity index (χ2n) is 7.67. The van der Waals surface area contributed by atoms with Gasteiger partial charge in [0, 0.05) is 36.6 Å². The van der Waals surface area contributed by atoms with Crippen molar-refractivity contribution in [1.82, 2.24) is 25.0 Å². The summed E-state index contributed by atoms with van der Waals surface area (Å²) in [4.78, 5) is 4.52. The zero-order valence-corrected chi connectivity index (χ0v) is 16.4. The molecular weight excluding hydrogens is 364 g/mol. The molecule has 0 amide bonds. The van der Waals surface area contributed by atoms with Gasteiger partial charge in [-0.25, -0.2) is 4.98 Å². The van der Waals surface area contributed by atoms with Crippen molar-refractivity contribution >= 4 is 16.9 Å². The summed E-state index contributed by atoms with van der Waals surface area (Å²) in [6.45, 7) is 0.669. The van der Waals surface area contributed by atoms with Gasteiger partial charge in [0.25, 0.3) is 0 Å². The normalized spacial score (nSPS) is 19.1. The van der Waals surface area contributed by atoms with Crippen LogP contribution in [0.4, 0.5) is 5.82 Å². The molecule has 148 valence electrons. The highest BCUT2D eigenvalue weighted by molar-refractivity contribution is 5.90. The molecule has 0 bridgehead atoms. The molecule has 2 N–H and O–H groups in total. The predicted octanol–water partition coefficient (Wildman–Crippen LogP) is 3.91. The SMILES string of the molecule is Cn1cc(-c2cnc3[nH]nc(NC4CCC(OCc5ccccc5)C4)c3c2)cn1. The lowest BCUT2D eigenvalue weighted by Crippen LogP contribution is -2.18. The standard InChI is InChI=1S/C22H24N6O/c1-28-13-17(12-24-28)16-9-20-21(23-11-16)26-27-22(20)25-18-7-8-19(10-18)29-14-15-5-3-2-4-6-15/h2-6,9,11-13,18-19H,7-8,10,14H2,1H3,(H2,23,25,26,27). The van der Waals surface area contributed by atoms with E-state index in [1.165, 1.54) is 5.56 Å². The Labute approximate surface area is 169 Å². The number of nitrogens with zero attached hydrogens (tertiary/aromatic N) is 4. The molecule has 0 radical (unpaired) electrons. The third-order valence-electron chi connectivity index (χ3n) is 5.51. The lowest BCUT2D eigenvalue weighted by Gasteiger charge is -2.14. The van der Waals surface area contributed by atoms with Crippen LogP contribution in [-0.2, 0) is 18.4 Å². The van der Waals surface area contributed by atoms with Gasteiger partial charge < -0.3 is 10.1 Å². The zero-order valence-electron chi connectivity index (χ0n) is 16.4. The van der Waals surface area contributed by atoms with Crippen LogP contribution in [0.15, 0.2) is 55.0 Å². The number of pyridine rings is 1. The number of anilines is 1. The number of hydrogen-bond acceptors (Lipinski definition) is 5. The summed E-state index contributed by atoms with van der Waals surface area (Å²) in [6.07, 6.45) is 9.09. The first kappa shape index (κ1) is 17.9. The van der Waals surface area contributed by atoms with Crippen LogP contribution in [0, 0.1) is 0 Å². The number of aromatic nitrogens is 5. The number of ether oxygens (including phenoxy) is 1. The van der Waals surface area contributed by atoms with E-state index in [1.807, 2.05) is 43.8 Å². The number of benzene rings is 1. The van der Waals surface area contributed by atoms with Gasteiger partial charge >= 0.3 is 0 Å². The molecule has 29 heavy (non-hydrogen) atoms. The molecule has 1 aromatic carbocycles. The molecule has 5 rings (SSSR count). The molecule has 1 fully saturated rings. The Hall–Kier alpha value is -3.19. The number of hydrogen-bond donors (Lipinski definition) is 2. The predicted molar refractivity (Wildman–Crippen MR) is 112 cm³/mol. The maximum Gasteiger partial charge on any atom is 0.157 e. The molecule has 1 aliphatic rings. The van der Waals surface area contributed by atoms with E-state index in [1.54, 1.807) is 4.68 Å². The summed E-state index contributed by atoms with van der Waals surface area (Å²) < 4.78 is 7.91. The number of H-pyrrole nitrogens is 1. The summed E-state index contributed by atoms with van der Waals surface area (Å²) in [6, 6.07) is 12.8. The van der Waals surface area contributed by atoms with Crippen LogP contribution in [0.3, 0.4) is 0 Å². The Morgan fingerprint density at radius 1 is 1.17 bits per heavy atom. The quantitative estimate of drug-likeness (QED) is 0.523. The number of fused-ring (bicyclic) bond motifs is 1. The fourth-order valence-corrected chi connectivity index (χ4v) is 3.95. The van der Waals surface area contributed by atoms with Gasteiger partial charge in [-0.1, -0.05) is 30.3 Å². The Bertz CT molecular complexity index is 1100. The molecule has 2 atom stereocenters. The van der Waals surface area contributed by atoms with Crippen molar-refractivity contribution in [3.8, 4) is 11.1 Å². The summed E-state index contributed by atoms with van der Waals surface area (Å²) in [5, 5.41) is 16.3. The number of rotatable bonds is 6. The van der Waals surface area contributed by atoms with Gasteiger partial charge in [0.05, 0.1) is 24.3 Å². The summed E-state index contributed by atoms with van der Waals surface area (Å²) in [5.41, 5.74) is 4.08. The largest absolute Gasteiger partial charge is 0.373 e. The summed E-state index contributed by atoms with van der Waals surface area (Å²) in [5.74, 6) is 0.854. The zero-order chi connectivity index (χ0) is 19.6. The van der Waals surface area contributed by atoms with E-state index in [4.69, 9.17) is 4.74 Å². The molecule has 4 aromatic rings. The first-order valence-corrected chi connectivity index (χ1v) is 10.00. The Morgan fingerprint density at radius 2 is 2.07 bits per heavy atom. The third-order valence-corrected chi connectivity index (χ3v) is 5.51. The lowest BCUT2D eigenvalue weighted by molar-refractivity contribution is 0.0452. The van der Waals surface area contributed by atoms with E-state index < -0.39 is 0 Å². The van der Waals surface area contributed by atoms with Gasteiger partial charge in [-0.15, -0.1) is 0 Å². The smallest absolute Gasteiger partial charge is 0.157 e. The molecule has 0 spiro atoms. The molecule has 1 saturated carbocycles. The highest BCUT2D eigenvalue weighted by atomic mass is 16.5. The minimum absolute atomic E-state index is 0.280. The minimum atomic E-state index is 0.280. The van der Waals surface area contributed by atoms with Gasteiger partial charge in [0.1, 0.15) is 0 Å². The highest BCUT2D eigenvalue weighted by Gasteiger charge is 2.26. The Morgan fingerprint density at radius 3 is 2.90 bits per heavy atom. The molecule has 7 heteroatoms. The number of aryl methyl sites for hydroxylation is 1. The maximum absolute atomic E-state index is 6.12. The molecule has 7 nitrogen and oxygen atoms in total. The molecule has 3 heterocycles. The van der Waals surface area contributed by atoms with Crippen LogP contribution >= 0.6 is 0 Å². The summed E-state index contributed by atoms with van der Waals surface area (Å²) in [7, 11) is 1.91. The van der Waals surface area contributed by atoms with Crippen molar-refractivity contribution in [3.05, 3.63) is 60.6 Å². The number of aromatic amines is 1. The van der Waals surface area contributed by atoms with Gasteiger partial charge in [-0.05, 0) is 30.9 Å². The van der Waals surface area contributed by atoms with Crippen LogP contribution in [-0.4, -0.2) is 37.1 Å². The van der Waals surface area contributed by atoms with Crippen molar-refractivity contribution in [3.63, 3.8) is 0 Å². The second kappa shape index (κ2) is 7.67. The molecule has 2 unspecified atom stereocenters. The van der Waals surface area contributed by atoms with Gasteiger partial charge in [-0.3, -0.25) is 9.78 Å². The van der Waals surface area contributed by atoms with Crippen molar-refractivity contribution in [2.24, 2.45) is 7.05 Å². The van der Waals surface area contributed by atoms with Crippen molar-refractivity contribution in [1.29, 1.82) is 0 Å². The number of nitrogens with one attached hydrogen (secondary N) is 2. The van der Waals surface area contributed by atoms with Gasteiger partial charge in [0.15, 0.2) is 11.5 Å². The molecule has 3 aromatic heterocycles. The van der Waals surface area contributed by atoms with Gasteiger partial charge in [0.2, 0.25) is 0 Å². The average molecular weight is 388 g/mol. The van der Waals surface area contributed by atoms with Crippen LogP contribution in [0.1, 0.15) is 24.8 Å². The maximum atomic E-state index is 6.12. The van der Waals surface area contributed by atoms with Gasteiger partial charge in [-0.2, -0.15) is 10.2 Å². The van der Waals surface area contributed by atoms with Crippen LogP contribution < -0.4 is 5.32 Å². The fraction of sp³-hybridized carbons (Fsp3) is 0.318. The molecule has 0 saturated heterocycles. The van der Waals surface area contributed by atoms with E-state index in [2.05, 4.69) is 43.8 Å². The van der Waals surface area contributed by atoms with Crippen LogP contribution in [0.2, 0.25) is 0 Å². The van der Waals surface area contributed by atoms with Crippen molar-refractivity contribution < 1.29 is 4.74 Å². The summed E-state index contributed by atoms with van der Waals surface area (Å²) >= 11 is 0. The lowest BCUT2D eigenvalue weighted by atomic mass is 10.1. The third kappa shape index (κ3) is 3.86. The molecular formula is C22H24N6O. The topological polar surface area (TPSA) is 80.7 Å². The fourth-order valence-electron chi connectivity index (χ4n) is 3.95. The van der Waals surface area contributed by atoms with Crippen LogP contribution in [0.5, 0.6) is 0 Å². The Kier molecular flexibility index (Phi) is 4.73. The second-order valence-corrected chi connectivity index (χ2v) is 7.67. The first-order chi connectivity index (χ1) is 14.2. The molecule has 0 aliphatic heterocycles. The van der Waals surface area contributed by atoms with Crippen LogP contribution in [0.25, 0.3) is 22.2 Å². The first-order valence-electron chi connectivity index (χ1n) is 10.00. The molecule has 1 aliphatic carbocycles. The minimum Gasteiger partial charge on any atom is -0.373 e. The monoisotopic (exact) mass is 388 g/mol. The van der Waals surface area contributed by atoms with E-state index in [-0.39, 0.29) is 6.10 Å². The van der Waals surface area contributed by atoms with E-state index >= 15 is 0 Å². The highest BCUT2D eigenvalue weighted by Crippen LogP contribution is 2.30. The van der Waals surface area contributed by atoms with E-state index in [0.29, 0.717) is 12.6 Å². The Balaban J connectivity index is 1.26.